The van der Waals surface area contributed by atoms with Crippen LogP contribution in [0.15, 0.2) is 42.6 Å². The molecule has 0 radical (unpaired) electrons. The molecular weight excluding hydrogens is 380 g/mol. The van der Waals surface area contributed by atoms with Gasteiger partial charge in [-0.05, 0) is 42.8 Å². The highest BCUT2D eigenvalue weighted by Crippen LogP contribution is 2.15. The van der Waals surface area contributed by atoms with Crippen LogP contribution in [-0.4, -0.2) is 49.6 Å². The Morgan fingerprint density at radius 3 is 2.54 bits per heavy atom. The number of aromatic nitrogens is 1. The van der Waals surface area contributed by atoms with E-state index < -0.39 is 0 Å². The summed E-state index contributed by atoms with van der Waals surface area (Å²) in [6, 6.07) is 10.4. The van der Waals surface area contributed by atoms with Crippen molar-refractivity contribution in [3.63, 3.8) is 0 Å². The van der Waals surface area contributed by atoms with Crippen LogP contribution < -0.4 is 15.5 Å². The van der Waals surface area contributed by atoms with Crippen molar-refractivity contribution in [2.24, 2.45) is 0 Å². The summed E-state index contributed by atoms with van der Waals surface area (Å²) in [4.78, 5) is 30.6. The summed E-state index contributed by atoms with van der Waals surface area (Å²) in [7, 11) is 0. The van der Waals surface area contributed by atoms with Gasteiger partial charge in [-0.1, -0.05) is 11.6 Å². The smallest absolute Gasteiger partial charge is 0.251 e. The number of carbonyl (C=O) groups is 2. The van der Waals surface area contributed by atoms with Crippen molar-refractivity contribution >= 4 is 34.9 Å². The molecule has 2 heterocycles. The molecule has 1 aliphatic rings. The van der Waals surface area contributed by atoms with E-state index >= 15 is 0 Å². The number of benzene rings is 1. The number of hydrogen-bond donors (Lipinski definition) is 2. The van der Waals surface area contributed by atoms with Crippen LogP contribution in [0.3, 0.4) is 0 Å². The van der Waals surface area contributed by atoms with Crippen LogP contribution in [0.2, 0.25) is 5.02 Å². The predicted octanol–water partition coefficient (Wildman–Crippen LogP) is 2.72. The molecule has 0 atom stereocenters. The first-order valence-electron chi connectivity index (χ1n) is 9.24. The van der Waals surface area contributed by atoms with Crippen LogP contribution in [0.5, 0.6) is 0 Å². The third kappa shape index (κ3) is 5.94. The van der Waals surface area contributed by atoms with Crippen LogP contribution in [0.4, 0.5) is 11.5 Å². The van der Waals surface area contributed by atoms with Crippen molar-refractivity contribution in [1.29, 1.82) is 0 Å². The predicted molar refractivity (Wildman–Crippen MR) is 109 cm³/mol. The molecule has 1 aromatic carbocycles. The zero-order chi connectivity index (χ0) is 19.8. The minimum atomic E-state index is -0.181. The summed E-state index contributed by atoms with van der Waals surface area (Å²) in [5.41, 5.74) is 1.20. The van der Waals surface area contributed by atoms with Crippen LogP contribution in [-0.2, 0) is 9.53 Å². The van der Waals surface area contributed by atoms with E-state index in [9.17, 15) is 9.59 Å². The topological polar surface area (TPSA) is 83.6 Å². The lowest BCUT2D eigenvalue weighted by Crippen LogP contribution is -2.36. The lowest BCUT2D eigenvalue weighted by Gasteiger charge is -2.27. The van der Waals surface area contributed by atoms with Gasteiger partial charge in [-0.15, -0.1) is 0 Å². The zero-order valence-electron chi connectivity index (χ0n) is 15.5. The van der Waals surface area contributed by atoms with Gasteiger partial charge in [0, 0.05) is 36.6 Å². The Hall–Kier alpha value is -2.64. The highest BCUT2D eigenvalue weighted by Gasteiger charge is 2.12. The fourth-order valence-corrected chi connectivity index (χ4v) is 2.94. The molecule has 8 heteroatoms. The SMILES string of the molecule is O=C(CCCNC(=O)c1ccc(Cl)cc1)Nc1ccc(N2CCOCC2)nc1. The lowest BCUT2D eigenvalue weighted by atomic mass is 10.2. The summed E-state index contributed by atoms with van der Waals surface area (Å²) in [6.07, 6.45) is 2.52. The van der Waals surface area contributed by atoms with Crippen molar-refractivity contribution in [3.05, 3.63) is 53.2 Å². The molecule has 0 aliphatic carbocycles. The normalized spacial score (nSPS) is 13.8. The van der Waals surface area contributed by atoms with Gasteiger partial charge in [0.1, 0.15) is 5.82 Å². The van der Waals surface area contributed by atoms with Crippen LogP contribution in [0.25, 0.3) is 0 Å². The van der Waals surface area contributed by atoms with E-state index in [1.807, 2.05) is 12.1 Å². The molecule has 0 unspecified atom stereocenters. The van der Waals surface area contributed by atoms with Gasteiger partial charge >= 0.3 is 0 Å². The third-order valence-electron chi connectivity index (χ3n) is 4.34. The average Bonchev–Trinajstić information content (AvgIpc) is 2.73. The fraction of sp³-hybridized carbons (Fsp3) is 0.350. The monoisotopic (exact) mass is 402 g/mol. The standard InChI is InChI=1S/C20H23ClN4O3/c21-16-5-3-15(4-6-16)20(27)22-9-1-2-19(26)24-17-7-8-18(23-14-17)25-10-12-28-13-11-25/h3-8,14H,1-2,9-13H2,(H,22,27)(H,24,26). The van der Waals surface area contributed by atoms with Gasteiger partial charge in [0.15, 0.2) is 0 Å². The Morgan fingerprint density at radius 2 is 1.86 bits per heavy atom. The second-order valence-corrected chi connectivity index (χ2v) is 6.86. The minimum absolute atomic E-state index is 0.110. The molecule has 148 valence electrons. The molecule has 1 saturated heterocycles. The van der Waals surface area contributed by atoms with Crippen molar-refractivity contribution in [1.82, 2.24) is 10.3 Å². The molecule has 1 aromatic heterocycles. The number of hydrogen-bond acceptors (Lipinski definition) is 5. The second-order valence-electron chi connectivity index (χ2n) is 6.42. The third-order valence-corrected chi connectivity index (χ3v) is 4.59. The molecule has 2 N–H and O–H groups in total. The molecule has 28 heavy (non-hydrogen) atoms. The Balaban J connectivity index is 1.37. The van der Waals surface area contributed by atoms with Gasteiger partial charge in [-0.25, -0.2) is 4.98 Å². The second kappa shape index (κ2) is 10.1. The molecule has 7 nitrogen and oxygen atoms in total. The van der Waals surface area contributed by atoms with Gasteiger partial charge in [-0.2, -0.15) is 0 Å². The number of amides is 2. The van der Waals surface area contributed by atoms with Crippen LogP contribution in [0, 0.1) is 0 Å². The first-order chi connectivity index (χ1) is 13.6. The van der Waals surface area contributed by atoms with E-state index in [4.69, 9.17) is 16.3 Å². The van der Waals surface area contributed by atoms with E-state index in [0.29, 0.717) is 48.9 Å². The maximum Gasteiger partial charge on any atom is 0.251 e. The summed E-state index contributed by atoms with van der Waals surface area (Å²) >= 11 is 5.80. The summed E-state index contributed by atoms with van der Waals surface area (Å²) in [5, 5.41) is 6.20. The highest BCUT2D eigenvalue weighted by atomic mass is 35.5. The maximum atomic E-state index is 12.1. The maximum absolute atomic E-state index is 12.1. The Kier molecular flexibility index (Phi) is 7.22. The van der Waals surface area contributed by atoms with Crippen LogP contribution in [0.1, 0.15) is 23.2 Å². The van der Waals surface area contributed by atoms with E-state index in [-0.39, 0.29) is 11.8 Å². The number of halogens is 1. The highest BCUT2D eigenvalue weighted by molar-refractivity contribution is 6.30. The van der Waals surface area contributed by atoms with E-state index in [2.05, 4.69) is 20.5 Å². The van der Waals surface area contributed by atoms with Gasteiger partial charge in [0.2, 0.25) is 5.91 Å². The Labute approximate surface area is 169 Å². The quantitative estimate of drug-likeness (QED) is 0.696. The Morgan fingerprint density at radius 1 is 1.11 bits per heavy atom. The number of pyridine rings is 1. The number of morpholine rings is 1. The summed E-state index contributed by atoms with van der Waals surface area (Å²) < 4.78 is 5.33. The van der Waals surface area contributed by atoms with Gasteiger partial charge in [0.05, 0.1) is 25.1 Å². The fourth-order valence-electron chi connectivity index (χ4n) is 2.82. The van der Waals surface area contributed by atoms with Crippen molar-refractivity contribution < 1.29 is 14.3 Å². The summed E-state index contributed by atoms with van der Waals surface area (Å²) in [5.74, 6) is 0.591. The minimum Gasteiger partial charge on any atom is -0.378 e. The number of nitrogens with zero attached hydrogens (tertiary/aromatic N) is 2. The lowest BCUT2D eigenvalue weighted by molar-refractivity contribution is -0.116. The first-order valence-corrected chi connectivity index (χ1v) is 9.62. The zero-order valence-corrected chi connectivity index (χ0v) is 16.2. The molecule has 3 rings (SSSR count). The van der Waals surface area contributed by atoms with Crippen LogP contribution >= 0.6 is 11.6 Å². The molecule has 1 aliphatic heterocycles. The van der Waals surface area contributed by atoms with E-state index in [0.717, 1.165) is 18.9 Å². The molecule has 2 aromatic rings. The molecule has 0 bridgehead atoms. The number of rotatable bonds is 7. The number of nitrogens with one attached hydrogen (secondary N) is 2. The van der Waals surface area contributed by atoms with Crippen molar-refractivity contribution in [2.45, 2.75) is 12.8 Å². The number of ether oxygens (including phenoxy) is 1. The molecule has 0 spiro atoms. The molecule has 0 saturated carbocycles. The van der Waals surface area contributed by atoms with Crippen molar-refractivity contribution in [2.75, 3.05) is 43.1 Å². The summed E-state index contributed by atoms with van der Waals surface area (Å²) in [6.45, 7) is 3.47. The first kappa shape index (κ1) is 20.1. The Bertz CT molecular complexity index is 790. The van der Waals surface area contributed by atoms with E-state index in [1.54, 1.807) is 30.5 Å². The average molecular weight is 403 g/mol. The van der Waals surface area contributed by atoms with Crippen molar-refractivity contribution in [3.8, 4) is 0 Å². The number of carbonyl (C=O) groups excluding carboxylic acids is 2. The molecular formula is C20H23ClN4O3. The number of anilines is 2. The molecule has 1 fully saturated rings. The van der Waals surface area contributed by atoms with Gasteiger partial charge in [0.25, 0.3) is 5.91 Å². The van der Waals surface area contributed by atoms with E-state index in [1.165, 1.54) is 0 Å². The van der Waals surface area contributed by atoms with Gasteiger partial charge < -0.3 is 20.3 Å². The largest absolute Gasteiger partial charge is 0.378 e. The molecule has 2 amide bonds. The van der Waals surface area contributed by atoms with Gasteiger partial charge in [-0.3, -0.25) is 9.59 Å².